The first kappa shape index (κ1) is 38.2. The predicted molar refractivity (Wildman–Crippen MR) is 245 cm³/mol. The van der Waals surface area contributed by atoms with Crippen molar-refractivity contribution in [1.82, 2.24) is 4.40 Å². The third-order valence-corrected chi connectivity index (χ3v) is 13.7. The highest BCUT2D eigenvalue weighted by atomic mass is 15.1. The number of unbranched alkanes of at least 4 members (excludes halogenated alkanes) is 1. The lowest BCUT2D eigenvalue weighted by Crippen LogP contribution is -2.63. The number of benzene rings is 4. The molecular weight excluding hydrogens is 703 g/mol. The average molecular weight is 764 g/mol. The van der Waals surface area contributed by atoms with E-state index in [1.54, 1.807) is 0 Å². The Bertz CT molecular complexity index is 2790. The van der Waals surface area contributed by atoms with Crippen LogP contribution in [0.4, 0.5) is 0 Å². The minimum Gasteiger partial charge on any atom is -0.323 e. The first-order valence-electron chi connectivity index (χ1n) is 22.3. The first-order chi connectivity index (χ1) is 28.3. The molecule has 3 atom stereocenters. The Hall–Kier alpha value is -5.28. The Morgan fingerprint density at radius 2 is 1.48 bits per heavy atom. The maximum Gasteiger partial charge on any atom is 0.223 e. The fourth-order valence-corrected chi connectivity index (χ4v) is 10.9. The molecule has 0 radical (unpaired) electrons. The maximum atomic E-state index is 2.79. The van der Waals surface area contributed by atoms with Gasteiger partial charge in [0.1, 0.15) is 0 Å². The van der Waals surface area contributed by atoms with E-state index in [0.29, 0.717) is 11.8 Å². The van der Waals surface area contributed by atoms with Crippen molar-refractivity contribution in [3.05, 3.63) is 150 Å². The van der Waals surface area contributed by atoms with Crippen LogP contribution >= 0.6 is 0 Å². The Kier molecular flexibility index (Phi) is 10.2. The highest BCUT2D eigenvalue weighted by Gasteiger charge is 2.52. The van der Waals surface area contributed by atoms with Crippen LogP contribution in [0.25, 0.3) is 60.5 Å². The van der Waals surface area contributed by atoms with Gasteiger partial charge in [-0.1, -0.05) is 128 Å². The van der Waals surface area contributed by atoms with Gasteiger partial charge >= 0.3 is 0 Å². The van der Waals surface area contributed by atoms with Crippen LogP contribution in [0.1, 0.15) is 114 Å². The number of para-hydroxylation sites is 1. The summed E-state index contributed by atoms with van der Waals surface area (Å²) in [6.45, 7) is 17.6. The lowest BCUT2D eigenvalue weighted by molar-refractivity contribution is -0.761. The fourth-order valence-electron chi connectivity index (χ4n) is 10.9. The van der Waals surface area contributed by atoms with Gasteiger partial charge in [0.05, 0.1) is 27.6 Å². The summed E-state index contributed by atoms with van der Waals surface area (Å²) in [4.78, 5) is 0. The van der Waals surface area contributed by atoms with E-state index in [0.717, 1.165) is 32.2 Å². The quantitative estimate of drug-likeness (QED) is 0.0868. The van der Waals surface area contributed by atoms with Gasteiger partial charge in [-0.3, -0.25) is 0 Å². The third-order valence-electron chi connectivity index (χ3n) is 13.7. The van der Waals surface area contributed by atoms with E-state index in [2.05, 4.69) is 190 Å². The monoisotopic (exact) mass is 763 g/mol. The van der Waals surface area contributed by atoms with Gasteiger partial charge in [-0.15, -0.1) is 0 Å². The molecule has 9 rings (SSSR count). The number of hydrogen-bond donors (Lipinski definition) is 0. The number of rotatable bonds is 12. The molecule has 0 spiro atoms. The van der Waals surface area contributed by atoms with Gasteiger partial charge < -0.3 is 4.40 Å². The van der Waals surface area contributed by atoms with E-state index < -0.39 is 0 Å². The van der Waals surface area contributed by atoms with Gasteiger partial charge in [0.2, 0.25) is 16.7 Å². The van der Waals surface area contributed by atoms with Crippen molar-refractivity contribution < 1.29 is 9.13 Å². The molecule has 0 aliphatic carbocycles. The van der Waals surface area contributed by atoms with Crippen molar-refractivity contribution in [3.63, 3.8) is 0 Å². The van der Waals surface area contributed by atoms with E-state index in [1.807, 2.05) is 0 Å². The zero-order valence-electron chi connectivity index (χ0n) is 35.9. The van der Waals surface area contributed by atoms with Crippen molar-refractivity contribution in [2.45, 2.75) is 117 Å². The normalized spacial score (nSPS) is 16.3. The molecule has 1 aliphatic rings. The molecule has 0 saturated carbocycles. The van der Waals surface area contributed by atoms with Crippen LogP contribution in [-0.4, -0.2) is 4.40 Å². The van der Waals surface area contributed by atoms with Crippen molar-refractivity contribution in [2.75, 3.05) is 0 Å². The standard InChI is InChI=1S/C55H61N3/c1-8-11-20-39(7)46-32-51-42-24-16-15-23-41(42)33-55(10-3,58(51)36-47(46)40-21-13-12-14-22-40)49(19-9-2)48-35-56-30-29-38(6)31-52(56)53-44(48)27-28-45-43-25-17-18-26-50(43)57(54(45)53)34-37(4)5/h12-18,21-32,35-37,39,49H,8-11,19-20,33-34H2,1-7H3/q+2. The summed E-state index contributed by atoms with van der Waals surface area (Å²) in [5, 5.41) is 5.47. The highest BCUT2D eigenvalue weighted by Crippen LogP contribution is 2.49. The number of aryl methyl sites for hydroxylation is 1. The van der Waals surface area contributed by atoms with Crippen LogP contribution < -0.4 is 9.13 Å². The van der Waals surface area contributed by atoms with Crippen LogP contribution in [0.15, 0.2) is 128 Å². The second-order valence-corrected chi connectivity index (χ2v) is 17.9. The van der Waals surface area contributed by atoms with Gasteiger partial charge in [0.15, 0.2) is 18.3 Å². The highest BCUT2D eigenvalue weighted by molar-refractivity contribution is 6.19. The number of nitrogens with zero attached hydrogens (tertiary/aromatic N) is 3. The lowest BCUT2D eigenvalue weighted by atomic mass is 9.68. The SMILES string of the molecule is CCCCC(C)c1cc2[n+](cc1-c1ccccc1)C(CC)(C(CCC)c1cn3ccc(C)cc3c3c1ccc1c4ccccc4[n+](CC(C)C)c13)Cc1ccccc1-2. The minimum absolute atomic E-state index is 0.195. The summed E-state index contributed by atoms with van der Waals surface area (Å²) in [6, 6.07) is 41.8. The summed E-state index contributed by atoms with van der Waals surface area (Å²) < 4.78 is 7.89. The van der Waals surface area contributed by atoms with E-state index in [-0.39, 0.29) is 11.5 Å². The van der Waals surface area contributed by atoms with E-state index in [1.165, 1.54) is 102 Å². The maximum absolute atomic E-state index is 2.79. The van der Waals surface area contributed by atoms with Gasteiger partial charge in [0, 0.05) is 54.4 Å². The molecule has 1 aliphatic heterocycles. The van der Waals surface area contributed by atoms with Crippen molar-refractivity contribution >= 4 is 38.1 Å². The summed E-state index contributed by atoms with van der Waals surface area (Å²) in [5.74, 6) is 1.23. The molecule has 0 N–H and O–H groups in total. The summed E-state index contributed by atoms with van der Waals surface area (Å²) in [6.07, 6.45) is 15.3. The Morgan fingerprint density at radius 1 is 0.724 bits per heavy atom. The Balaban J connectivity index is 1.39. The number of hydrogen-bond acceptors (Lipinski definition) is 0. The summed E-state index contributed by atoms with van der Waals surface area (Å²) >= 11 is 0. The van der Waals surface area contributed by atoms with Crippen LogP contribution in [0.3, 0.4) is 0 Å². The molecule has 8 aromatic rings. The fraction of sp³-hybridized carbons (Fsp3) is 0.345. The molecule has 3 unspecified atom stereocenters. The molecule has 4 aromatic heterocycles. The van der Waals surface area contributed by atoms with Crippen molar-refractivity contribution in [1.29, 1.82) is 0 Å². The van der Waals surface area contributed by atoms with E-state index in [9.17, 15) is 0 Å². The lowest BCUT2D eigenvalue weighted by Gasteiger charge is -2.41. The van der Waals surface area contributed by atoms with E-state index in [4.69, 9.17) is 0 Å². The van der Waals surface area contributed by atoms with E-state index >= 15 is 0 Å². The molecular formula is C55H61N3+2. The van der Waals surface area contributed by atoms with Crippen LogP contribution in [0, 0.1) is 12.8 Å². The third kappa shape index (κ3) is 6.24. The van der Waals surface area contributed by atoms with Gasteiger partial charge in [-0.05, 0) is 89.2 Å². The average Bonchev–Trinajstić information content (AvgIpc) is 3.56. The smallest absolute Gasteiger partial charge is 0.223 e. The topological polar surface area (TPSA) is 12.2 Å². The second-order valence-electron chi connectivity index (χ2n) is 17.9. The number of fused-ring (bicyclic) bond motifs is 10. The second kappa shape index (κ2) is 15.5. The van der Waals surface area contributed by atoms with Gasteiger partial charge in [0.25, 0.3) is 0 Å². The molecule has 3 nitrogen and oxygen atoms in total. The van der Waals surface area contributed by atoms with Crippen molar-refractivity contribution in [3.8, 4) is 22.4 Å². The zero-order valence-corrected chi connectivity index (χ0v) is 35.9. The largest absolute Gasteiger partial charge is 0.323 e. The Labute approximate surface area is 346 Å². The van der Waals surface area contributed by atoms with Crippen molar-refractivity contribution in [2.24, 2.45) is 5.92 Å². The Morgan fingerprint density at radius 3 is 2.26 bits per heavy atom. The number of aromatic nitrogens is 3. The molecule has 0 fully saturated rings. The molecule has 4 aromatic carbocycles. The van der Waals surface area contributed by atoms with Gasteiger partial charge in [-0.2, -0.15) is 9.13 Å². The minimum atomic E-state index is -0.195. The van der Waals surface area contributed by atoms with Crippen LogP contribution in [-0.2, 0) is 18.5 Å². The predicted octanol–water partition coefficient (Wildman–Crippen LogP) is 13.8. The molecule has 0 amide bonds. The number of pyridine rings is 3. The first-order valence-corrected chi connectivity index (χ1v) is 22.3. The van der Waals surface area contributed by atoms with Gasteiger partial charge in [-0.25, -0.2) is 0 Å². The molecule has 3 heteroatoms. The van der Waals surface area contributed by atoms with Crippen LogP contribution in [0.5, 0.6) is 0 Å². The zero-order chi connectivity index (χ0) is 40.1. The summed E-state index contributed by atoms with van der Waals surface area (Å²) in [7, 11) is 0. The molecule has 0 saturated heterocycles. The van der Waals surface area contributed by atoms with Crippen LogP contribution in [0.2, 0.25) is 0 Å². The molecule has 294 valence electrons. The summed E-state index contributed by atoms with van der Waals surface area (Å²) in [5.41, 5.74) is 14.9. The molecule has 5 heterocycles. The molecule has 58 heavy (non-hydrogen) atoms. The molecule has 0 bridgehead atoms.